The van der Waals surface area contributed by atoms with E-state index in [1.54, 1.807) is 11.3 Å². The number of nitrogens with zero attached hydrogens (tertiary/aromatic N) is 1. The molecular formula is C17H22N2O2S. The number of carbonyl (C=O) groups is 1. The summed E-state index contributed by atoms with van der Waals surface area (Å²) in [6, 6.07) is 10.6. The lowest BCUT2D eigenvalue weighted by Crippen LogP contribution is -2.21. The van der Waals surface area contributed by atoms with Gasteiger partial charge in [-0.25, -0.2) is 4.98 Å². The number of nitrogens with one attached hydrogen (secondary N) is 1. The highest BCUT2D eigenvalue weighted by Gasteiger charge is 2.13. The number of rotatable bonds is 8. The van der Waals surface area contributed by atoms with E-state index in [1.807, 2.05) is 30.6 Å². The zero-order chi connectivity index (χ0) is 15.8. The second-order valence-corrected chi connectivity index (χ2v) is 6.11. The first-order valence-corrected chi connectivity index (χ1v) is 8.32. The van der Waals surface area contributed by atoms with Crippen LogP contribution in [0.15, 0.2) is 35.8 Å². The van der Waals surface area contributed by atoms with E-state index in [-0.39, 0.29) is 12.0 Å². The van der Waals surface area contributed by atoms with Gasteiger partial charge in [0.25, 0.3) is 0 Å². The summed E-state index contributed by atoms with van der Waals surface area (Å²) in [4.78, 5) is 16.8. The molecule has 118 valence electrons. The van der Waals surface area contributed by atoms with Gasteiger partial charge in [-0.3, -0.25) is 4.79 Å². The molecule has 0 amide bonds. The van der Waals surface area contributed by atoms with Crippen molar-refractivity contribution in [3.63, 3.8) is 0 Å². The van der Waals surface area contributed by atoms with Gasteiger partial charge in [-0.05, 0) is 25.3 Å². The quantitative estimate of drug-likeness (QED) is 0.755. The summed E-state index contributed by atoms with van der Waals surface area (Å²) in [5, 5.41) is 3.59. The van der Waals surface area contributed by atoms with Gasteiger partial charge in [-0.1, -0.05) is 30.3 Å². The van der Waals surface area contributed by atoms with Crippen LogP contribution < -0.4 is 5.32 Å². The molecule has 4 nitrogen and oxygen atoms in total. The van der Waals surface area contributed by atoms with Crippen molar-refractivity contribution in [3.8, 4) is 0 Å². The summed E-state index contributed by atoms with van der Waals surface area (Å²) in [5.41, 5.74) is 4.20. The number of esters is 1. The zero-order valence-corrected chi connectivity index (χ0v) is 13.9. The molecule has 1 heterocycles. The van der Waals surface area contributed by atoms with Crippen LogP contribution in [-0.4, -0.2) is 18.1 Å². The van der Waals surface area contributed by atoms with Crippen LogP contribution in [0.1, 0.15) is 41.4 Å². The molecule has 0 saturated carbocycles. The molecule has 5 heteroatoms. The van der Waals surface area contributed by atoms with Crippen LogP contribution >= 0.6 is 11.3 Å². The smallest absolute Gasteiger partial charge is 0.305 e. The number of aryl methyl sites for hydroxylation is 1. The van der Waals surface area contributed by atoms with Crippen molar-refractivity contribution in [2.24, 2.45) is 0 Å². The largest absolute Gasteiger partial charge is 0.469 e. The fraction of sp³-hybridized carbons (Fsp3) is 0.412. The molecule has 0 bridgehead atoms. The number of thiazole rings is 1. The van der Waals surface area contributed by atoms with Gasteiger partial charge in [0.1, 0.15) is 0 Å². The Bertz CT molecular complexity index is 583. The monoisotopic (exact) mass is 318 g/mol. The van der Waals surface area contributed by atoms with Crippen LogP contribution in [0, 0.1) is 6.92 Å². The Morgan fingerprint density at radius 3 is 2.77 bits per heavy atom. The molecule has 1 unspecified atom stereocenters. The second-order valence-electron chi connectivity index (χ2n) is 5.17. The molecule has 1 aromatic carbocycles. The minimum Gasteiger partial charge on any atom is -0.469 e. The van der Waals surface area contributed by atoms with E-state index in [0.717, 1.165) is 25.1 Å². The van der Waals surface area contributed by atoms with E-state index < -0.39 is 0 Å². The normalized spacial score (nSPS) is 12.1. The minimum absolute atomic E-state index is 0.148. The van der Waals surface area contributed by atoms with Gasteiger partial charge in [-0.15, -0.1) is 11.3 Å². The number of ether oxygens (including phenoxy) is 1. The molecule has 1 atom stereocenters. The molecule has 0 aliphatic rings. The first kappa shape index (κ1) is 16.6. The van der Waals surface area contributed by atoms with Crippen LogP contribution in [0.4, 0.5) is 0 Å². The first-order chi connectivity index (χ1) is 10.7. The minimum atomic E-state index is -0.148. The maximum Gasteiger partial charge on any atom is 0.305 e. The van der Waals surface area contributed by atoms with Crippen molar-refractivity contribution in [2.45, 2.75) is 38.8 Å². The summed E-state index contributed by atoms with van der Waals surface area (Å²) < 4.78 is 4.71. The van der Waals surface area contributed by atoms with Crippen LogP contribution in [0.5, 0.6) is 0 Å². The lowest BCUT2D eigenvalue weighted by Gasteiger charge is -2.19. The van der Waals surface area contributed by atoms with Gasteiger partial charge in [0.15, 0.2) is 0 Å². The van der Waals surface area contributed by atoms with E-state index in [1.165, 1.54) is 17.6 Å². The third-order valence-electron chi connectivity index (χ3n) is 3.66. The lowest BCUT2D eigenvalue weighted by atomic mass is 10.0. The van der Waals surface area contributed by atoms with E-state index >= 15 is 0 Å². The highest BCUT2D eigenvalue weighted by Crippen LogP contribution is 2.21. The Kier molecular flexibility index (Phi) is 6.55. The van der Waals surface area contributed by atoms with E-state index in [0.29, 0.717) is 6.42 Å². The van der Waals surface area contributed by atoms with Crippen molar-refractivity contribution in [3.05, 3.63) is 52.0 Å². The molecule has 1 N–H and O–H groups in total. The third-order valence-corrected chi connectivity index (χ3v) is 4.59. The van der Waals surface area contributed by atoms with Crippen molar-refractivity contribution in [2.75, 3.05) is 7.11 Å². The second kappa shape index (κ2) is 8.66. The van der Waals surface area contributed by atoms with Gasteiger partial charge >= 0.3 is 5.97 Å². The Morgan fingerprint density at radius 1 is 1.36 bits per heavy atom. The highest BCUT2D eigenvalue weighted by molar-refractivity contribution is 7.09. The summed E-state index contributed by atoms with van der Waals surface area (Å²) in [5.74, 6) is -0.148. The maximum atomic E-state index is 11.3. The number of methoxy groups -OCH3 is 1. The first-order valence-electron chi connectivity index (χ1n) is 7.45. The standard InChI is InChI=1S/C17H22N2O2S/c1-13-16(22-12-19-13)11-18-15(9-6-10-17(20)21-2)14-7-4-3-5-8-14/h3-5,7-8,12,15,18H,6,9-11H2,1-2H3. The van der Waals surface area contributed by atoms with Crippen LogP contribution in [0.25, 0.3) is 0 Å². The number of hydrogen-bond donors (Lipinski definition) is 1. The average Bonchev–Trinajstić information content (AvgIpc) is 2.96. The van der Waals surface area contributed by atoms with Gasteiger partial charge < -0.3 is 10.1 Å². The molecule has 0 fully saturated rings. The predicted octanol–water partition coefficient (Wildman–Crippen LogP) is 3.63. The van der Waals surface area contributed by atoms with Crippen molar-refractivity contribution in [1.82, 2.24) is 10.3 Å². The average molecular weight is 318 g/mol. The molecule has 22 heavy (non-hydrogen) atoms. The molecule has 2 rings (SSSR count). The van der Waals surface area contributed by atoms with E-state index in [2.05, 4.69) is 22.4 Å². The highest BCUT2D eigenvalue weighted by atomic mass is 32.1. The molecule has 2 aromatic rings. The van der Waals surface area contributed by atoms with Crippen molar-refractivity contribution < 1.29 is 9.53 Å². The van der Waals surface area contributed by atoms with E-state index in [9.17, 15) is 4.79 Å². The Balaban J connectivity index is 1.95. The number of carbonyl (C=O) groups excluding carboxylic acids is 1. The maximum absolute atomic E-state index is 11.3. The van der Waals surface area contributed by atoms with Crippen LogP contribution in [-0.2, 0) is 16.1 Å². The summed E-state index contributed by atoms with van der Waals surface area (Å²) in [7, 11) is 1.43. The Morgan fingerprint density at radius 2 is 2.14 bits per heavy atom. The van der Waals surface area contributed by atoms with Crippen LogP contribution in [0.3, 0.4) is 0 Å². The molecule has 0 spiro atoms. The Hall–Kier alpha value is -1.72. The fourth-order valence-corrected chi connectivity index (χ4v) is 3.06. The predicted molar refractivity (Wildman–Crippen MR) is 88.7 cm³/mol. The SMILES string of the molecule is COC(=O)CCCC(NCc1scnc1C)c1ccccc1. The number of aromatic nitrogens is 1. The molecular weight excluding hydrogens is 296 g/mol. The lowest BCUT2D eigenvalue weighted by molar-refractivity contribution is -0.140. The molecule has 0 aliphatic heterocycles. The number of benzene rings is 1. The van der Waals surface area contributed by atoms with E-state index in [4.69, 9.17) is 4.74 Å². The van der Waals surface area contributed by atoms with Gasteiger partial charge in [0, 0.05) is 23.9 Å². The summed E-state index contributed by atoms with van der Waals surface area (Å²) >= 11 is 1.67. The number of hydrogen-bond acceptors (Lipinski definition) is 5. The molecule has 0 saturated heterocycles. The zero-order valence-electron chi connectivity index (χ0n) is 13.0. The molecule has 0 radical (unpaired) electrons. The van der Waals surface area contributed by atoms with Gasteiger partial charge in [0.2, 0.25) is 0 Å². The van der Waals surface area contributed by atoms with Crippen LogP contribution in [0.2, 0.25) is 0 Å². The summed E-state index contributed by atoms with van der Waals surface area (Å²) in [6.45, 7) is 2.83. The van der Waals surface area contributed by atoms with Crippen molar-refractivity contribution >= 4 is 17.3 Å². The van der Waals surface area contributed by atoms with Gasteiger partial charge in [0.05, 0.1) is 18.3 Å². The topological polar surface area (TPSA) is 51.2 Å². The van der Waals surface area contributed by atoms with Gasteiger partial charge in [-0.2, -0.15) is 0 Å². The fourth-order valence-electron chi connectivity index (χ4n) is 2.34. The summed E-state index contributed by atoms with van der Waals surface area (Å²) in [6.07, 6.45) is 2.17. The van der Waals surface area contributed by atoms with Crippen molar-refractivity contribution in [1.29, 1.82) is 0 Å². The Labute approximate surface area is 135 Å². The molecule has 1 aromatic heterocycles. The molecule has 0 aliphatic carbocycles. The third kappa shape index (κ3) is 4.93.